The number of nitrogens with one attached hydrogen (secondary N) is 2. The van der Waals surface area contributed by atoms with Gasteiger partial charge in [-0.1, -0.05) is 18.2 Å². The number of carbonyl (C=O) groups is 1. The SMILES string of the molecule is Cc1cccc(C)c1NC(=O)Nc1cccnn1. The summed E-state index contributed by atoms with van der Waals surface area (Å²) in [5.41, 5.74) is 2.85. The van der Waals surface area contributed by atoms with Crippen LogP contribution in [0.15, 0.2) is 36.5 Å². The van der Waals surface area contributed by atoms with Gasteiger partial charge in [0.25, 0.3) is 0 Å². The van der Waals surface area contributed by atoms with Crippen molar-refractivity contribution >= 4 is 17.5 Å². The number of anilines is 2. The molecular weight excluding hydrogens is 228 g/mol. The van der Waals surface area contributed by atoms with Crippen molar-refractivity contribution in [1.29, 1.82) is 0 Å². The highest BCUT2D eigenvalue weighted by Gasteiger charge is 2.07. The Morgan fingerprint density at radius 1 is 1.06 bits per heavy atom. The van der Waals surface area contributed by atoms with Crippen LogP contribution in [0.3, 0.4) is 0 Å². The van der Waals surface area contributed by atoms with Crippen LogP contribution in [-0.4, -0.2) is 16.2 Å². The van der Waals surface area contributed by atoms with Crippen molar-refractivity contribution in [3.8, 4) is 0 Å². The predicted molar refractivity (Wildman–Crippen MR) is 70.6 cm³/mol. The number of rotatable bonds is 2. The maximum absolute atomic E-state index is 11.8. The first kappa shape index (κ1) is 12.0. The third-order valence-corrected chi connectivity index (χ3v) is 2.53. The number of nitrogens with zero attached hydrogens (tertiary/aromatic N) is 2. The number of aryl methyl sites for hydroxylation is 2. The minimum atomic E-state index is -0.326. The maximum Gasteiger partial charge on any atom is 0.324 e. The molecule has 5 nitrogen and oxygen atoms in total. The summed E-state index contributed by atoms with van der Waals surface area (Å²) < 4.78 is 0. The summed E-state index contributed by atoms with van der Waals surface area (Å²) in [7, 11) is 0. The van der Waals surface area contributed by atoms with Crippen LogP contribution < -0.4 is 10.6 Å². The summed E-state index contributed by atoms with van der Waals surface area (Å²) in [5, 5.41) is 12.9. The monoisotopic (exact) mass is 242 g/mol. The zero-order chi connectivity index (χ0) is 13.0. The summed E-state index contributed by atoms with van der Waals surface area (Å²) in [6, 6.07) is 8.92. The van der Waals surface area contributed by atoms with E-state index in [-0.39, 0.29) is 6.03 Å². The highest BCUT2D eigenvalue weighted by Crippen LogP contribution is 2.19. The van der Waals surface area contributed by atoms with Gasteiger partial charge in [0, 0.05) is 11.9 Å². The molecule has 0 spiro atoms. The fraction of sp³-hybridized carbons (Fsp3) is 0.154. The van der Waals surface area contributed by atoms with Gasteiger partial charge in [0.1, 0.15) is 0 Å². The molecule has 5 heteroatoms. The van der Waals surface area contributed by atoms with Gasteiger partial charge in [0.2, 0.25) is 0 Å². The van der Waals surface area contributed by atoms with Gasteiger partial charge in [0.15, 0.2) is 5.82 Å². The summed E-state index contributed by atoms with van der Waals surface area (Å²) in [6.07, 6.45) is 1.55. The number of urea groups is 1. The lowest BCUT2D eigenvalue weighted by atomic mass is 10.1. The van der Waals surface area contributed by atoms with Gasteiger partial charge >= 0.3 is 6.03 Å². The third-order valence-electron chi connectivity index (χ3n) is 2.53. The van der Waals surface area contributed by atoms with Crippen LogP contribution in [0.5, 0.6) is 0 Å². The normalized spacial score (nSPS) is 9.89. The third kappa shape index (κ3) is 2.82. The molecule has 0 saturated heterocycles. The van der Waals surface area contributed by atoms with E-state index in [1.165, 1.54) is 0 Å². The number of aromatic nitrogens is 2. The summed E-state index contributed by atoms with van der Waals surface area (Å²) in [4.78, 5) is 11.8. The molecule has 0 aliphatic rings. The zero-order valence-corrected chi connectivity index (χ0v) is 10.3. The highest BCUT2D eigenvalue weighted by atomic mass is 16.2. The van der Waals surface area contributed by atoms with E-state index in [0.29, 0.717) is 5.82 Å². The molecular formula is C13H14N4O. The maximum atomic E-state index is 11.8. The van der Waals surface area contributed by atoms with E-state index in [1.54, 1.807) is 18.3 Å². The molecule has 0 aliphatic heterocycles. The minimum absolute atomic E-state index is 0.326. The summed E-state index contributed by atoms with van der Waals surface area (Å²) in [5.74, 6) is 0.418. The van der Waals surface area contributed by atoms with E-state index < -0.39 is 0 Å². The Bertz CT molecular complexity index is 534. The molecule has 0 saturated carbocycles. The second kappa shape index (κ2) is 5.27. The minimum Gasteiger partial charge on any atom is -0.307 e. The predicted octanol–water partition coefficient (Wildman–Crippen LogP) is 2.74. The van der Waals surface area contributed by atoms with Gasteiger partial charge in [-0.25, -0.2) is 4.79 Å². The van der Waals surface area contributed by atoms with Crippen LogP contribution in [0, 0.1) is 13.8 Å². The standard InChI is InChI=1S/C13H14N4O/c1-9-5-3-6-10(2)12(9)16-13(18)15-11-7-4-8-14-17-11/h3-8H,1-2H3,(H2,15,16,17,18). The Kier molecular flexibility index (Phi) is 3.52. The van der Waals surface area contributed by atoms with E-state index in [0.717, 1.165) is 16.8 Å². The molecule has 92 valence electrons. The van der Waals surface area contributed by atoms with Gasteiger partial charge < -0.3 is 5.32 Å². The molecule has 2 N–H and O–H groups in total. The first-order valence-corrected chi connectivity index (χ1v) is 5.59. The molecule has 2 aromatic rings. The van der Waals surface area contributed by atoms with Gasteiger partial charge in [-0.3, -0.25) is 5.32 Å². The highest BCUT2D eigenvalue weighted by molar-refractivity contribution is 6.00. The van der Waals surface area contributed by atoms with Crippen molar-refractivity contribution in [2.45, 2.75) is 13.8 Å². The molecule has 2 amide bonds. The largest absolute Gasteiger partial charge is 0.324 e. The van der Waals surface area contributed by atoms with Gasteiger partial charge in [-0.05, 0) is 37.1 Å². The molecule has 1 aromatic heterocycles. The Labute approximate surface area is 105 Å². The van der Waals surface area contributed by atoms with Gasteiger partial charge in [-0.15, -0.1) is 5.10 Å². The van der Waals surface area contributed by atoms with E-state index in [4.69, 9.17) is 0 Å². The van der Waals surface area contributed by atoms with Crippen LogP contribution in [0.1, 0.15) is 11.1 Å². The van der Waals surface area contributed by atoms with Crippen molar-refractivity contribution in [2.24, 2.45) is 0 Å². The second-order valence-corrected chi connectivity index (χ2v) is 3.95. The van der Waals surface area contributed by atoms with E-state index in [9.17, 15) is 4.79 Å². The average Bonchev–Trinajstić information content (AvgIpc) is 2.35. The Morgan fingerprint density at radius 3 is 2.39 bits per heavy atom. The second-order valence-electron chi connectivity index (χ2n) is 3.95. The van der Waals surface area contributed by atoms with E-state index in [2.05, 4.69) is 20.8 Å². The van der Waals surface area contributed by atoms with Crippen molar-refractivity contribution in [1.82, 2.24) is 10.2 Å². The average molecular weight is 242 g/mol. The first-order chi connectivity index (χ1) is 8.66. The molecule has 1 heterocycles. The zero-order valence-electron chi connectivity index (χ0n) is 10.3. The number of hydrogen-bond acceptors (Lipinski definition) is 3. The topological polar surface area (TPSA) is 66.9 Å². The summed E-state index contributed by atoms with van der Waals surface area (Å²) in [6.45, 7) is 3.90. The quantitative estimate of drug-likeness (QED) is 0.850. The lowest BCUT2D eigenvalue weighted by Crippen LogP contribution is -2.21. The van der Waals surface area contributed by atoms with Crippen molar-refractivity contribution < 1.29 is 4.79 Å². The lowest BCUT2D eigenvalue weighted by Gasteiger charge is -2.11. The Morgan fingerprint density at radius 2 is 1.78 bits per heavy atom. The van der Waals surface area contributed by atoms with E-state index in [1.807, 2.05) is 32.0 Å². The number of amides is 2. The smallest absolute Gasteiger partial charge is 0.307 e. The van der Waals surface area contributed by atoms with Crippen molar-refractivity contribution in [2.75, 3.05) is 10.6 Å². The first-order valence-electron chi connectivity index (χ1n) is 5.59. The molecule has 2 rings (SSSR count). The number of para-hydroxylation sites is 1. The molecule has 0 unspecified atom stereocenters. The molecule has 0 atom stereocenters. The number of benzene rings is 1. The summed E-state index contributed by atoms with van der Waals surface area (Å²) >= 11 is 0. The number of carbonyl (C=O) groups excluding carboxylic acids is 1. The fourth-order valence-electron chi connectivity index (χ4n) is 1.64. The van der Waals surface area contributed by atoms with Crippen LogP contribution >= 0.6 is 0 Å². The molecule has 0 bridgehead atoms. The molecule has 0 fully saturated rings. The van der Waals surface area contributed by atoms with Crippen molar-refractivity contribution in [3.63, 3.8) is 0 Å². The fourth-order valence-corrected chi connectivity index (χ4v) is 1.64. The van der Waals surface area contributed by atoms with Gasteiger partial charge in [0.05, 0.1) is 0 Å². The van der Waals surface area contributed by atoms with Crippen molar-refractivity contribution in [3.05, 3.63) is 47.7 Å². The number of hydrogen-bond donors (Lipinski definition) is 2. The lowest BCUT2D eigenvalue weighted by molar-refractivity contribution is 0.262. The Balaban J connectivity index is 2.08. The molecule has 0 radical (unpaired) electrons. The van der Waals surface area contributed by atoms with Gasteiger partial charge in [-0.2, -0.15) is 5.10 Å². The molecule has 18 heavy (non-hydrogen) atoms. The van der Waals surface area contributed by atoms with Crippen LogP contribution in [-0.2, 0) is 0 Å². The van der Waals surface area contributed by atoms with Crippen LogP contribution in [0.2, 0.25) is 0 Å². The van der Waals surface area contributed by atoms with Crippen LogP contribution in [0.4, 0.5) is 16.3 Å². The molecule has 0 aliphatic carbocycles. The molecule has 1 aromatic carbocycles. The Hall–Kier alpha value is -2.43. The van der Waals surface area contributed by atoms with Crippen LogP contribution in [0.25, 0.3) is 0 Å². The van der Waals surface area contributed by atoms with E-state index >= 15 is 0 Å².